The minimum Gasteiger partial charge on any atom is -0.475 e. The molecule has 0 aromatic rings. The van der Waals surface area contributed by atoms with E-state index in [-0.39, 0.29) is 24.0 Å². The second-order valence-electron chi connectivity index (χ2n) is 6.92. The van der Waals surface area contributed by atoms with Crippen molar-refractivity contribution in [2.45, 2.75) is 50.6 Å². The number of carboxylic acids is 1. The molecule has 166 valence electrons. The Morgan fingerprint density at radius 1 is 1.32 bits per heavy atom. The van der Waals surface area contributed by atoms with Gasteiger partial charge in [-0.3, -0.25) is 0 Å². The topological polar surface area (TPSA) is 96.4 Å². The normalized spacial score (nSPS) is 25.9. The number of alkyl halides is 3. The Bertz CT molecular complexity index is 600. The Labute approximate surface area is 163 Å². The predicted octanol–water partition coefficient (Wildman–Crippen LogP) is 1.17. The number of carboxylic acid groups (broad SMARTS) is 1. The Morgan fingerprint density at radius 3 is 2.43 bits per heavy atom. The smallest absolute Gasteiger partial charge is 0.475 e. The third-order valence-corrected chi connectivity index (χ3v) is 6.51. The molecule has 0 spiro atoms. The molecule has 0 aromatic carbocycles. The molecule has 1 aliphatic carbocycles. The molecule has 0 radical (unpaired) electrons. The summed E-state index contributed by atoms with van der Waals surface area (Å²) in [6.07, 6.45) is -2.80. The molecular formula is C16H29F3N2O6S. The SMILES string of the molecule is CCCS(=O)(=O)N1CCO[C@H]2[C@H](OCCN(C)C)CC[C@@H]21.O=C(O)C(F)(F)F. The van der Waals surface area contributed by atoms with Gasteiger partial charge in [0.2, 0.25) is 10.0 Å². The summed E-state index contributed by atoms with van der Waals surface area (Å²) < 4.78 is 69.9. The van der Waals surface area contributed by atoms with Crippen molar-refractivity contribution in [3.8, 4) is 0 Å². The molecular weight excluding hydrogens is 405 g/mol. The number of hydrogen-bond acceptors (Lipinski definition) is 6. The molecule has 2 fully saturated rings. The maximum atomic E-state index is 12.4. The first-order valence-corrected chi connectivity index (χ1v) is 10.7. The van der Waals surface area contributed by atoms with Crippen LogP contribution in [0.4, 0.5) is 13.2 Å². The van der Waals surface area contributed by atoms with Crippen molar-refractivity contribution >= 4 is 16.0 Å². The molecule has 0 bridgehead atoms. The lowest BCUT2D eigenvalue weighted by Crippen LogP contribution is -2.54. The van der Waals surface area contributed by atoms with Gasteiger partial charge in [-0.1, -0.05) is 6.92 Å². The lowest BCUT2D eigenvalue weighted by Gasteiger charge is -2.38. The van der Waals surface area contributed by atoms with Gasteiger partial charge in [0.15, 0.2) is 0 Å². The van der Waals surface area contributed by atoms with E-state index in [2.05, 4.69) is 4.90 Å². The van der Waals surface area contributed by atoms with E-state index in [0.29, 0.717) is 26.2 Å². The van der Waals surface area contributed by atoms with Crippen LogP contribution in [0.3, 0.4) is 0 Å². The van der Waals surface area contributed by atoms with Crippen LogP contribution in [0.1, 0.15) is 26.2 Å². The van der Waals surface area contributed by atoms with Gasteiger partial charge in [0, 0.05) is 13.1 Å². The van der Waals surface area contributed by atoms with Crippen LogP contribution in [0.5, 0.6) is 0 Å². The van der Waals surface area contributed by atoms with Crippen LogP contribution in [0, 0.1) is 0 Å². The Kier molecular flexibility index (Phi) is 9.60. The molecule has 0 aromatic heterocycles. The zero-order chi connectivity index (χ0) is 21.5. The summed E-state index contributed by atoms with van der Waals surface area (Å²) in [5.41, 5.74) is 0. The number of nitrogens with zero attached hydrogens (tertiary/aromatic N) is 2. The number of sulfonamides is 1. The molecule has 8 nitrogen and oxygen atoms in total. The summed E-state index contributed by atoms with van der Waals surface area (Å²) in [5, 5.41) is 7.12. The van der Waals surface area contributed by atoms with Crippen molar-refractivity contribution in [1.82, 2.24) is 9.21 Å². The van der Waals surface area contributed by atoms with Crippen LogP contribution in [0.2, 0.25) is 0 Å². The highest BCUT2D eigenvalue weighted by molar-refractivity contribution is 7.89. The molecule has 1 saturated heterocycles. The summed E-state index contributed by atoms with van der Waals surface area (Å²) in [4.78, 5) is 11.0. The van der Waals surface area contributed by atoms with Crippen LogP contribution >= 0.6 is 0 Å². The summed E-state index contributed by atoms with van der Waals surface area (Å²) in [6.45, 7) is 4.38. The molecule has 0 amide bonds. The molecule has 1 N–H and O–H groups in total. The van der Waals surface area contributed by atoms with E-state index in [0.717, 1.165) is 19.4 Å². The fourth-order valence-corrected chi connectivity index (χ4v) is 4.91. The van der Waals surface area contributed by atoms with Crippen LogP contribution in [-0.4, -0.2) is 99.3 Å². The van der Waals surface area contributed by atoms with E-state index in [4.69, 9.17) is 19.4 Å². The first-order valence-electron chi connectivity index (χ1n) is 9.07. The molecule has 28 heavy (non-hydrogen) atoms. The number of aliphatic carboxylic acids is 1. The maximum Gasteiger partial charge on any atom is 0.490 e. The van der Waals surface area contributed by atoms with E-state index >= 15 is 0 Å². The monoisotopic (exact) mass is 434 g/mol. The van der Waals surface area contributed by atoms with E-state index in [1.54, 1.807) is 4.31 Å². The average Bonchev–Trinajstić information content (AvgIpc) is 2.97. The van der Waals surface area contributed by atoms with Gasteiger partial charge in [-0.15, -0.1) is 0 Å². The number of morpholine rings is 1. The lowest BCUT2D eigenvalue weighted by atomic mass is 10.1. The van der Waals surface area contributed by atoms with Crippen molar-refractivity contribution in [1.29, 1.82) is 0 Å². The Balaban J connectivity index is 0.000000480. The molecule has 1 saturated carbocycles. The van der Waals surface area contributed by atoms with Crippen LogP contribution in [0.15, 0.2) is 0 Å². The van der Waals surface area contributed by atoms with Gasteiger partial charge in [-0.25, -0.2) is 13.2 Å². The number of fused-ring (bicyclic) bond motifs is 1. The lowest BCUT2D eigenvalue weighted by molar-refractivity contribution is -0.192. The van der Waals surface area contributed by atoms with Crippen molar-refractivity contribution in [2.24, 2.45) is 0 Å². The first-order chi connectivity index (χ1) is 12.9. The van der Waals surface area contributed by atoms with Gasteiger partial charge >= 0.3 is 12.1 Å². The minimum absolute atomic E-state index is 0.0228. The van der Waals surface area contributed by atoms with Crippen molar-refractivity contribution in [3.63, 3.8) is 0 Å². The van der Waals surface area contributed by atoms with E-state index in [1.807, 2.05) is 21.0 Å². The molecule has 0 unspecified atom stereocenters. The highest BCUT2D eigenvalue weighted by atomic mass is 32.2. The minimum atomic E-state index is -5.08. The number of hydrogen-bond donors (Lipinski definition) is 1. The van der Waals surface area contributed by atoms with Gasteiger partial charge in [0.05, 0.1) is 31.1 Å². The standard InChI is InChI=1S/C14H28N2O4S.C2HF3O2/c1-4-11-21(17,18)16-8-10-20-14-12(16)5-6-13(14)19-9-7-15(2)3;3-2(4,5)1(6)7/h12-14H,4-11H2,1-3H3;(H,6,7)/t12-,13+,14+;/m0./s1. The van der Waals surface area contributed by atoms with Crippen molar-refractivity contribution < 1.29 is 41.0 Å². The number of carbonyl (C=O) groups is 1. The van der Waals surface area contributed by atoms with Crippen molar-refractivity contribution in [3.05, 3.63) is 0 Å². The number of halogens is 3. The number of ether oxygens (including phenoxy) is 2. The van der Waals surface area contributed by atoms with Gasteiger partial charge in [-0.05, 0) is 33.4 Å². The summed E-state index contributed by atoms with van der Waals surface area (Å²) >= 11 is 0. The highest BCUT2D eigenvalue weighted by Crippen LogP contribution is 2.33. The third-order valence-electron chi connectivity index (χ3n) is 4.42. The number of likely N-dealkylation sites (N-methyl/N-ethyl adjacent to an activating group) is 1. The van der Waals surface area contributed by atoms with Crippen LogP contribution in [-0.2, 0) is 24.3 Å². The second kappa shape index (κ2) is 10.7. The molecule has 1 heterocycles. The highest BCUT2D eigenvalue weighted by Gasteiger charge is 2.46. The van der Waals surface area contributed by atoms with E-state index < -0.39 is 22.2 Å². The molecule has 1 aliphatic heterocycles. The molecule has 2 rings (SSSR count). The maximum absolute atomic E-state index is 12.4. The first kappa shape index (κ1) is 25.1. The van der Waals surface area contributed by atoms with Crippen LogP contribution in [0.25, 0.3) is 0 Å². The fraction of sp³-hybridized carbons (Fsp3) is 0.938. The number of rotatable bonds is 7. The van der Waals surface area contributed by atoms with Gasteiger partial charge in [-0.2, -0.15) is 17.5 Å². The molecule has 2 aliphatic rings. The zero-order valence-electron chi connectivity index (χ0n) is 16.3. The third kappa shape index (κ3) is 7.47. The largest absolute Gasteiger partial charge is 0.490 e. The van der Waals surface area contributed by atoms with Crippen LogP contribution < -0.4 is 0 Å². The Hall–Kier alpha value is -0.950. The van der Waals surface area contributed by atoms with Crippen molar-refractivity contribution in [2.75, 3.05) is 46.2 Å². The molecule has 12 heteroatoms. The summed E-state index contributed by atoms with van der Waals surface area (Å²) in [6, 6.07) is -0.0420. The second-order valence-corrected chi connectivity index (χ2v) is 8.96. The van der Waals surface area contributed by atoms with E-state index in [9.17, 15) is 21.6 Å². The summed E-state index contributed by atoms with van der Waals surface area (Å²) in [7, 11) is 0.866. The van der Waals surface area contributed by atoms with Gasteiger partial charge in [0.1, 0.15) is 6.10 Å². The molecule has 3 atom stereocenters. The zero-order valence-corrected chi connectivity index (χ0v) is 17.1. The van der Waals surface area contributed by atoms with Gasteiger partial charge < -0.3 is 19.5 Å². The fourth-order valence-electron chi connectivity index (χ4n) is 3.17. The van der Waals surface area contributed by atoms with Gasteiger partial charge in [0.25, 0.3) is 0 Å². The quantitative estimate of drug-likeness (QED) is 0.643. The Morgan fingerprint density at radius 2 is 1.93 bits per heavy atom. The predicted molar refractivity (Wildman–Crippen MR) is 95.5 cm³/mol. The van der Waals surface area contributed by atoms with E-state index in [1.165, 1.54) is 0 Å². The average molecular weight is 434 g/mol. The summed E-state index contributed by atoms with van der Waals surface area (Å²) in [5.74, 6) is -2.53.